The highest BCUT2D eigenvalue weighted by atomic mass is 35.5. The van der Waals surface area contributed by atoms with Crippen molar-refractivity contribution >= 4 is 40.7 Å². The predicted molar refractivity (Wildman–Crippen MR) is 116 cm³/mol. The first-order valence-corrected chi connectivity index (χ1v) is 11.5. The second kappa shape index (κ2) is 9.18. The van der Waals surface area contributed by atoms with Gasteiger partial charge >= 0.3 is 0 Å². The summed E-state index contributed by atoms with van der Waals surface area (Å²) in [4.78, 5) is 42.9. The third kappa shape index (κ3) is 4.23. The van der Waals surface area contributed by atoms with Gasteiger partial charge in [-0.15, -0.1) is 11.3 Å². The summed E-state index contributed by atoms with van der Waals surface area (Å²) >= 11 is 7.55. The molecule has 2 fully saturated rings. The summed E-state index contributed by atoms with van der Waals surface area (Å²) in [7, 11) is 0. The number of nitrogens with zero attached hydrogens (tertiary/aromatic N) is 2. The molecule has 0 spiro atoms. The molecule has 30 heavy (non-hydrogen) atoms. The number of thiophene rings is 1. The van der Waals surface area contributed by atoms with E-state index in [0.717, 1.165) is 18.4 Å². The third-order valence-corrected chi connectivity index (χ3v) is 7.01. The van der Waals surface area contributed by atoms with Crippen LogP contribution >= 0.6 is 22.9 Å². The van der Waals surface area contributed by atoms with Gasteiger partial charge in [-0.2, -0.15) is 0 Å². The van der Waals surface area contributed by atoms with Crippen molar-refractivity contribution in [3.05, 3.63) is 57.2 Å². The zero-order valence-electron chi connectivity index (χ0n) is 16.6. The number of hydrogen-bond donors (Lipinski definition) is 1. The Morgan fingerprint density at radius 1 is 1.00 bits per heavy atom. The van der Waals surface area contributed by atoms with Crippen molar-refractivity contribution in [1.29, 1.82) is 0 Å². The second-order valence-electron chi connectivity index (χ2n) is 7.63. The van der Waals surface area contributed by atoms with Crippen molar-refractivity contribution in [1.82, 2.24) is 15.1 Å². The van der Waals surface area contributed by atoms with Crippen LogP contribution < -0.4 is 5.32 Å². The molecule has 2 atom stereocenters. The van der Waals surface area contributed by atoms with Gasteiger partial charge in [-0.3, -0.25) is 14.4 Å². The van der Waals surface area contributed by atoms with E-state index in [1.54, 1.807) is 21.9 Å². The van der Waals surface area contributed by atoms with Crippen molar-refractivity contribution in [3.8, 4) is 0 Å². The number of rotatable bonds is 5. The van der Waals surface area contributed by atoms with Gasteiger partial charge in [-0.25, -0.2) is 0 Å². The molecule has 1 aromatic carbocycles. The quantitative estimate of drug-likeness (QED) is 0.767. The topological polar surface area (TPSA) is 69.7 Å². The lowest BCUT2D eigenvalue weighted by molar-refractivity contribution is -0.141. The molecule has 8 heteroatoms. The number of carbonyl (C=O) groups is 3. The summed E-state index contributed by atoms with van der Waals surface area (Å²) in [6.45, 7) is 1.44. The van der Waals surface area contributed by atoms with E-state index in [4.69, 9.17) is 11.6 Å². The molecule has 2 aliphatic heterocycles. The van der Waals surface area contributed by atoms with Gasteiger partial charge in [0.1, 0.15) is 12.1 Å². The highest BCUT2D eigenvalue weighted by molar-refractivity contribution is 7.12. The molecule has 4 rings (SSSR count). The molecule has 6 nitrogen and oxygen atoms in total. The van der Waals surface area contributed by atoms with E-state index in [9.17, 15) is 14.4 Å². The first kappa shape index (κ1) is 20.9. The van der Waals surface area contributed by atoms with Gasteiger partial charge in [0.15, 0.2) is 0 Å². The Bertz CT molecular complexity index is 933. The summed E-state index contributed by atoms with van der Waals surface area (Å²) in [6.07, 6.45) is 2.85. The number of carbonyl (C=O) groups excluding carboxylic acids is 3. The average molecular weight is 446 g/mol. The first-order chi connectivity index (χ1) is 14.6. The molecular weight excluding hydrogens is 422 g/mol. The van der Waals surface area contributed by atoms with Crippen LogP contribution in [0.1, 0.15) is 40.9 Å². The van der Waals surface area contributed by atoms with Gasteiger partial charge in [-0.1, -0.05) is 35.9 Å². The molecule has 0 saturated carbocycles. The normalized spacial score (nSPS) is 21.1. The van der Waals surface area contributed by atoms with Crippen LogP contribution in [0.5, 0.6) is 0 Å². The summed E-state index contributed by atoms with van der Waals surface area (Å²) in [6, 6.07) is 10.0. The standard InChI is InChI=1S/C22H24ClN3O3S/c23-16-7-2-1-6-15(16)14-24-20(27)17-8-3-11-25(17)21(28)18-9-4-12-26(18)22(29)19-10-5-13-30-19/h1-2,5-7,10,13,17-18H,3-4,8-9,11-12,14H2,(H,24,27)/t17-,18-/m1/s1. The minimum atomic E-state index is -0.501. The SMILES string of the molecule is O=C(NCc1ccccc1Cl)[C@H]1CCCN1C(=O)[C@H]1CCCN1C(=O)c1cccs1. The maximum atomic E-state index is 13.3. The molecule has 158 valence electrons. The summed E-state index contributed by atoms with van der Waals surface area (Å²) in [5.41, 5.74) is 0.840. The summed E-state index contributed by atoms with van der Waals surface area (Å²) < 4.78 is 0. The van der Waals surface area contributed by atoms with Crippen LogP contribution in [0.15, 0.2) is 41.8 Å². The molecule has 0 radical (unpaired) electrons. The highest BCUT2D eigenvalue weighted by Crippen LogP contribution is 2.27. The molecular formula is C22H24ClN3O3S. The number of benzene rings is 1. The largest absolute Gasteiger partial charge is 0.350 e. The average Bonchev–Trinajstić information content (AvgIpc) is 3.53. The van der Waals surface area contributed by atoms with E-state index < -0.39 is 12.1 Å². The van der Waals surface area contributed by atoms with E-state index in [2.05, 4.69) is 5.32 Å². The lowest BCUT2D eigenvalue weighted by Gasteiger charge is -2.30. The van der Waals surface area contributed by atoms with E-state index in [1.165, 1.54) is 11.3 Å². The Morgan fingerprint density at radius 3 is 2.47 bits per heavy atom. The highest BCUT2D eigenvalue weighted by Gasteiger charge is 2.42. The fraction of sp³-hybridized carbons (Fsp3) is 0.409. The van der Waals surface area contributed by atoms with E-state index >= 15 is 0 Å². The Balaban J connectivity index is 1.42. The van der Waals surface area contributed by atoms with Crippen LogP contribution in [-0.4, -0.2) is 52.7 Å². The van der Waals surface area contributed by atoms with Crippen molar-refractivity contribution < 1.29 is 14.4 Å². The number of nitrogens with one attached hydrogen (secondary N) is 1. The minimum absolute atomic E-state index is 0.0974. The fourth-order valence-corrected chi connectivity index (χ4v) is 5.13. The van der Waals surface area contributed by atoms with Crippen molar-refractivity contribution in [2.45, 2.75) is 44.3 Å². The third-order valence-electron chi connectivity index (χ3n) is 5.78. The number of likely N-dealkylation sites (tertiary alicyclic amines) is 2. The molecule has 1 aromatic heterocycles. The molecule has 3 amide bonds. The van der Waals surface area contributed by atoms with Crippen LogP contribution in [0.3, 0.4) is 0 Å². The molecule has 2 saturated heterocycles. The lowest BCUT2D eigenvalue weighted by Crippen LogP contribution is -2.52. The number of amides is 3. The number of halogens is 1. The van der Waals surface area contributed by atoms with Crippen molar-refractivity contribution in [3.63, 3.8) is 0 Å². The van der Waals surface area contributed by atoms with Gasteiger partial charge in [0.05, 0.1) is 4.88 Å². The van der Waals surface area contributed by atoms with Gasteiger partial charge < -0.3 is 15.1 Å². The maximum absolute atomic E-state index is 13.3. The zero-order valence-corrected chi connectivity index (χ0v) is 18.1. The Labute approximate surface area is 184 Å². The first-order valence-electron chi connectivity index (χ1n) is 10.2. The maximum Gasteiger partial charge on any atom is 0.264 e. The molecule has 3 heterocycles. The minimum Gasteiger partial charge on any atom is -0.350 e. The smallest absolute Gasteiger partial charge is 0.264 e. The zero-order chi connectivity index (χ0) is 21.1. The van der Waals surface area contributed by atoms with Crippen LogP contribution in [-0.2, 0) is 16.1 Å². The second-order valence-corrected chi connectivity index (χ2v) is 8.99. The van der Waals surface area contributed by atoms with Crippen LogP contribution in [0.2, 0.25) is 5.02 Å². The molecule has 0 unspecified atom stereocenters. The van der Waals surface area contributed by atoms with Crippen molar-refractivity contribution in [2.24, 2.45) is 0 Å². The van der Waals surface area contributed by atoms with Gasteiger partial charge in [0, 0.05) is 24.7 Å². The lowest BCUT2D eigenvalue weighted by atomic mass is 10.1. The number of hydrogen-bond acceptors (Lipinski definition) is 4. The molecule has 0 aliphatic carbocycles. The summed E-state index contributed by atoms with van der Waals surface area (Å²) in [5, 5.41) is 5.38. The van der Waals surface area contributed by atoms with Crippen LogP contribution in [0, 0.1) is 0 Å². The van der Waals surface area contributed by atoms with Gasteiger partial charge in [0.2, 0.25) is 11.8 Å². The molecule has 2 aliphatic rings. The van der Waals surface area contributed by atoms with E-state index in [-0.39, 0.29) is 17.7 Å². The van der Waals surface area contributed by atoms with E-state index in [0.29, 0.717) is 42.4 Å². The Morgan fingerprint density at radius 2 is 1.73 bits per heavy atom. The monoisotopic (exact) mass is 445 g/mol. The van der Waals surface area contributed by atoms with Gasteiger partial charge in [-0.05, 0) is 48.8 Å². The molecule has 0 bridgehead atoms. The van der Waals surface area contributed by atoms with E-state index in [1.807, 2.05) is 29.6 Å². The van der Waals surface area contributed by atoms with Crippen LogP contribution in [0.25, 0.3) is 0 Å². The van der Waals surface area contributed by atoms with Crippen LogP contribution in [0.4, 0.5) is 0 Å². The molecule has 1 N–H and O–H groups in total. The van der Waals surface area contributed by atoms with Crippen molar-refractivity contribution in [2.75, 3.05) is 13.1 Å². The van der Waals surface area contributed by atoms with Gasteiger partial charge in [0.25, 0.3) is 5.91 Å². The Kier molecular flexibility index (Phi) is 6.39. The molecule has 2 aromatic rings. The Hall–Kier alpha value is -2.38. The summed E-state index contributed by atoms with van der Waals surface area (Å²) in [5.74, 6) is -0.387. The fourth-order valence-electron chi connectivity index (χ4n) is 4.24. The predicted octanol–water partition coefficient (Wildman–Crippen LogP) is 3.31.